The summed E-state index contributed by atoms with van der Waals surface area (Å²) in [5, 5.41) is 10.1. The largest absolute Gasteiger partial charge is 0.478 e. The number of carboxylic acid groups (broad SMARTS) is 1. The second-order valence-corrected chi connectivity index (χ2v) is 8.95. The molecule has 1 aromatic rings. The van der Waals surface area contributed by atoms with E-state index in [0.717, 1.165) is 5.56 Å². The highest BCUT2D eigenvalue weighted by atomic mass is 16.5. The average molecular weight is 430 g/mol. The molecular formula is C24H31NO6. The van der Waals surface area contributed by atoms with Gasteiger partial charge in [0, 0.05) is 16.8 Å². The molecule has 1 unspecified atom stereocenters. The van der Waals surface area contributed by atoms with E-state index in [9.17, 15) is 19.5 Å². The van der Waals surface area contributed by atoms with Crippen LogP contribution in [-0.2, 0) is 30.3 Å². The number of ether oxygens (including phenoxy) is 2. The minimum Gasteiger partial charge on any atom is -0.478 e. The van der Waals surface area contributed by atoms with Gasteiger partial charge in [0.1, 0.15) is 0 Å². The normalized spacial score (nSPS) is 19.4. The van der Waals surface area contributed by atoms with Gasteiger partial charge in [-0.1, -0.05) is 37.3 Å². The summed E-state index contributed by atoms with van der Waals surface area (Å²) >= 11 is 0. The lowest BCUT2D eigenvalue weighted by molar-refractivity contribution is -0.156. The van der Waals surface area contributed by atoms with Crippen molar-refractivity contribution in [3.8, 4) is 0 Å². The van der Waals surface area contributed by atoms with Gasteiger partial charge in [0.15, 0.2) is 6.73 Å². The van der Waals surface area contributed by atoms with E-state index in [-0.39, 0.29) is 17.9 Å². The van der Waals surface area contributed by atoms with Crippen molar-refractivity contribution in [3.63, 3.8) is 0 Å². The number of carbonyl (C=O) groups is 3. The number of hydrogen-bond acceptors (Lipinski definition) is 6. The Morgan fingerprint density at radius 1 is 1.03 bits per heavy atom. The molecule has 0 fully saturated rings. The maximum absolute atomic E-state index is 12.9. The van der Waals surface area contributed by atoms with Crippen molar-refractivity contribution in [1.82, 2.24) is 4.90 Å². The number of carbonyl (C=O) groups excluding carboxylic acids is 2. The van der Waals surface area contributed by atoms with Crippen LogP contribution in [0.25, 0.3) is 0 Å². The molecule has 0 spiro atoms. The molecule has 1 aliphatic rings. The van der Waals surface area contributed by atoms with Crippen molar-refractivity contribution in [3.05, 3.63) is 58.4 Å². The van der Waals surface area contributed by atoms with Crippen molar-refractivity contribution in [1.29, 1.82) is 0 Å². The van der Waals surface area contributed by atoms with Gasteiger partial charge in [-0.05, 0) is 46.6 Å². The number of hydrogen-bond donors (Lipinski definition) is 1. The second-order valence-electron chi connectivity index (χ2n) is 8.95. The van der Waals surface area contributed by atoms with Gasteiger partial charge in [-0.25, -0.2) is 9.59 Å². The van der Waals surface area contributed by atoms with Crippen LogP contribution in [0.2, 0.25) is 0 Å². The molecular weight excluding hydrogens is 398 g/mol. The molecule has 2 rings (SSSR count). The van der Waals surface area contributed by atoms with Crippen LogP contribution in [0.5, 0.6) is 0 Å². The molecule has 0 aliphatic carbocycles. The molecule has 1 heterocycles. The van der Waals surface area contributed by atoms with E-state index in [4.69, 9.17) is 9.47 Å². The highest BCUT2D eigenvalue weighted by Gasteiger charge is 2.48. The van der Waals surface area contributed by atoms with Crippen LogP contribution in [0, 0.1) is 10.8 Å². The van der Waals surface area contributed by atoms with Crippen molar-refractivity contribution >= 4 is 17.9 Å². The quantitative estimate of drug-likeness (QED) is 0.686. The zero-order valence-corrected chi connectivity index (χ0v) is 19.2. The third kappa shape index (κ3) is 4.81. The van der Waals surface area contributed by atoms with E-state index in [0.29, 0.717) is 17.8 Å². The van der Waals surface area contributed by atoms with Crippen LogP contribution in [0.1, 0.15) is 47.1 Å². The zero-order valence-electron chi connectivity index (χ0n) is 19.2. The van der Waals surface area contributed by atoms with E-state index in [1.54, 1.807) is 46.4 Å². The highest BCUT2D eigenvalue weighted by Crippen LogP contribution is 2.47. The lowest BCUT2D eigenvalue weighted by Gasteiger charge is -2.42. The van der Waals surface area contributed by atoms with E-state index < -0.39 is 28.7 Å². The van der Waals surface area contributed by atoms with E-state index in [2.05, 4.69) is 0 Å². The maximum Gasteiger partial charge on any atom is 0.336 e. The number of benzene rings is 1. The summed E-state index contributed by atoms with van der Waals surface area (Å²) in [4.78, 5) is 39.1. The first-order valence-corrected chi connectivity index (χ1v) is 10.1. The Hall–Kier alpha value is -3.09. The Kier molecular flexibility index (Phi) is 6.99. The third-order valence-electron chi connectivity index (χ3n) is 5.58. The van der Waals surface area contributed by atoms with E-state index in [1.165, 1.54) is 7.11 Å². The Morgan fingerprint density at radius 2 is 1.58 bits per heavy atom. The molecule has 0 aromatic heterocycles. The van der Waals surface area contributed by atoms with Crippen LogP contribution in [0.4, 0.5) is 0 Å². The molecule has 168 valence electrons. The Balaban J connectivity index is 2.62. The third-order valence-corrected chi connectivity index (χ3v) is 5.58. The number of rotatable bonds is 6. The molecule has 0 radical (unpaired) electrons. The van der Waals surface area contributed by atoms with Crippen LogP contribution < -0.4 is 0 Å². The predicted octanol–water partition coefficient (Wildman–Crippen LogP) is 3.90. The molecule has 1 aromatic carbocycles. The number of allylic oxidation sites excluding steroid dienone is 2. The molecule has 7 nitrogen and oxygen atoms in total. The fourth-order valence-corrected chi connectivity index (χ4v) is 4.03. The standard InChI is InChI=1S/C24H31NO6/c1-15-18(20(26)27)24(6,13-17-11-9-8-10-12-17)19(21(28)30-7)16(2)25(15)14-31-22(29)23(3,4)5/h8-12H,13-14H2,1-7H3,(H,26,27). The molecule has 0 amide bonds. The zero-order chi connectivity index (χ0) is 23.6. The first-order chi connectivity index (χ1) is 14.3. The SMILES string of the molecule is COC(=O)C1=C(C)N(COC(=O)C(C)(C)C)C(C)=C(C(=O)O)C1(C)Cc1ccccc1. The number of esters is 2. The molecule has 7 heteroatoms. The van der Waals surface area contributed by atoms with Gasteiger partial charge in [0.25, 0.3) is 0 Å². The Morgan fingerprint density at radius 3 is 2.06 bits per heavy atom. The first-order valence-electron chi connectivity index (χ1n) is 10.1. The Labute approximate surface area is 183 Å². The molecule has 1 atom stereocenters. The van der Waals surface area contributed by atoms with Gasteiger partial charge in [0.05, 0.1) is 23.7 Å². The van der Waals surface area contributed by atoms with E-state index in [1.807, 2.05) is 30.3 Å². The fraction of sp³-hybridized carbons (Fsp3) is 0.458. The predicted molar refractivity (Wildman–Crippen MR) is 116 cm³/mol. The molecule has 1 aliphatic heterocycles. The molecule has 0 saturated carbocycles. The van der Waals surface area contributed by atoms with Crippen molar-refractivity contribution in [2.24, 2.45) is 10.8 Å². The van der Waals surface area contributed by atoms with Crippen LogP contribution >= 0.6 is 0 Å². The number of aliphatic carboxylic acids is 1. The second kappa shape index (κ2) is 8.96. The summed E-state index contributed by atoms with van der Waals surface area (Å²) in [6.45, 7) is 10.1. The van der Waals surface area contributed by atoms with Gasteiger partial charge >= 0.3 is 17.9 Å². The summed E-state index contributed by atoms with van der Waals surface area (Å²) < 4.78 is 10.5. The first kappa shape index (κ1) is 24.2. The van der Waals surface area contributed by atoms with E-state index >= 15 is 0 Å². The molecule has 0 bridgehead atoms. The summed E-state index contributed by atoms with van der Waals surface area (Å²) in [7, 11) is 1.27. The summed E-state index contributed by atoms with van der Waals surface area (Å²) in [5.41, 5.74) is 0.237. The van der Waals surface area contributed by atoms with Gasteiger partial charge in [-0.15, -0.1) is 0 Å². The van der Waals surface area contributed by atoms with Crippen LogP contribution in [0.15, 0.2) is 52.9 Å². The number of methoxy groups -OCH3 is 1. The maximum atomic E-state index is 12.9. The summed E-state index contributed by atoms with van der Waals surface area (Å²) in [6.07, 6.45) is 0.296. The van der Waals surface area contributed by atoms with Crippen molar-refractivity contribution in [2.75, 3.05) is 13.8 Å². The monoisotopic (exact) mass is 429 g/mol. The topological polar surface area (TPSA) is 93.1 Å². The summed E-state index contributed by atoms with van der Waals surface area (Å²) in [6, 6.07) is 9.39. The van der Waals surface area contributed by atoms with Gasteiger partial charge in [-0.2, -0.15) is 0 Å². The van der Waals surface area contributed by atoms with Crippen LogP contribution in [0.3, 0.4) is 0 Å². The Bertz CT molecular complexity index is 939. The lowest BCUT2D eigenvalue weighted by atomic mass is 9.68. The van der Waals surface area contributed by atoms with Gasteiger partial charge in [-0.3, -0.25) is 4.79 Å². The molecule has 31 heavy (non-hydrogen) atoms. The minimum atomic E-state index is -1.14. The smallest absolute Gasteiger partial charge is 0.336 e. The van der Waals surface area contributed by atoms with Gasteiger partial charge < -0.3 is 19.5 Å². The number of carboxylic acids is 1. The average Bonchev–Trinajstić information content (AvgIpc) is 2.66. The van der Waals surface area contributed by atoms with Gasteiger partial charge in [0.2, 0.25) is 0 Å². The van der Waals surface area contributed by atoms with Crippen molar-refractivity contribution < 1.29 is 29.0 Å². The lowest BCUT2D eigenvalue weighted by Crippen LogP contribution is -2.44. The number of nitrogens with zero attached hydrogens (tertiary/aromatic N) is 1. The fourth-order valence-electron chi connectivity index (χ4n) is 4.03. The van der Waals surface area contributed by atoms with Crippen molar-refractivity contribution in [2.45, 2.75) is 48.0 Å². The molecule has 1 N–H and O–H groups in total. The summed E-state index contributed by atoms with van der Waals surface area (Å²) in [5.74, 6) is -2.19. The molecule has 0 saturated heterocycles. The minimum absolute atomic E-state index is 0.0640. The highest BCUT2D eigenvalue weighted by molar-refractivity contribution is 5.98. The van der Waals surface area contributed by atoms with Crippen LogP contribution in [-0.4, -0.2) is 41.8 Å².